The molecule has 1 aliphatic rings. The summed E-state index contributed by atoms with van der Waals surface area (Å²) in [6.45, 7) is 4.82. The number of anilines is 1. The summed E-state index contributed by atoms with van der Waals surface area (Å²) in [6.07, 6.45) is 0. The molecule has 1 aromatic heterocycles. The van der Waals surface area contributed by atoms with Crippen LogP contribution in [0.3, 0.4) is 0 Å². The van der Waals surface area contributed by atoms with Crippen LogP contribution in [0.4, 0.5) is 5.69 Å². The molecule has 4 rings (SSSR count). The Morgan fingerprint density at radius 1 is 1.08 bits per heavy atom. The molecule has 5 heteroatoms. The van der Waals surface area contributed by atoms with Crippen molar-refractivity contribution in [2.75, 3.05) is 18.5 Å². The predicted molar refractivity (Wildman–Crippen MR) is 94.7 cm³/mol. The molecule has 0 aliphatic carbocycles. The van der Waals surface area contributed by atoms with Crippen molar-refractivity contribution in [1.82, 2.24) is 15.0 Å². The molecular weight excluding hydrogens is 300 g/mol. The van der Waals surface area contributed by atoms with Crippen molar-refractivity contribution in [1.29, 1.82) is 0 Å². The molecule has 0 saturated heterocycles. The van der Waals surface area contributed by atoms with Gasteiger partial charge in [-0.3, -0.25) is 0 Å². The third-order valence-corrected chi connectivity index (χ3v) is 4.31. The highest BCUT2D eigenvalue weighted by molar-refractivity contribution is 5.87. The van der Waals surface area contributed by atoms with Gasteiger partial charge in [0.2, 0.25) is 0 Å². The largest absolute Gasteiger partial charge is 0.380 e. The normalized spacial score (nSPS) is 12.4. The molecule has 0 saturated carbocycles. The summed E-state index contributed by atoms with van der Waals surface area (Å²) in [6, 6.07) is 16.7. The highest BCUT2D eigenvalue weighted by Gasteiger charge is 2.22. The fourth-order valence-electron chi connectivity index (χ4n) is 3.15. The van der Waals surface area contributed by atoms with Crippen LogP contribution in [0, 0.1) is 0 Å². The van der Waals surface area contributed by atoms with E-state index in [0.29, 0.717) is 19.8 Å². The van der Waals surface area contributed by atoms with Gasteiger partial charge in [0, 0.05) is 30.0 Å². The van der Waals surface area contributed by atoms with Crippen LogP contribution in [-0.2, 0) is 17.8 Å². The maximum Gasteiger partial charge on any atom is 0.123 e. The van der Waals surface area contributed by atoms with Crippen LogP contribution in [0.5, 0.6) is 0 Å². The highest BCUT2D eigenvalue weighted by Crippen LogP contribution is 2.38. The standard InChI is InChI=1S/C19H20N4O/c1-2-24-12-11-23-19-15-8-4-3-7-14(15)13-20-17-10-6-5-9-16(17)18(19)21-22-23/h3-10,20H,2,11-13H2,1H3. The lowest BCUT2D eigenvalue weighted by Crippen LogP contribution is -2.11. The maximum absolute atomic E-state index is 5.51. The summed E-state index contributed by atoms with van der Waals surface area (Å²) in [5.74, 6) is 0. The second kappa shape index (κ2) is 6.45. The lowest BCUT2D eigenvalue weighted by Gasteiger charge is -2.19. The molecule has 0 fully saturated rings. The minimum Gasteiger partial charge on any atom is -0.380 e. The van der Waals surface area contributed by atoms with Gasteiger partial charge in [0.1, 0.15) is 5.69 Å². The van der Waals surface area contributed by atoms with E-state index in [-0.39, 0.29) is 0 Å². The zero-order chi connectivity index (χ0) is 16.4. The number of hydrogen-bond donors (Lipinski definition) is 1. The molecule has 3 aromatic rings. The number of para-hydroxylation sites is 1. The molecule has 0 amide bonds. The molecule has 0 atom stereocenters. The van der Waals surface area contributed by atoms with E-state index in [9.17, 15) is 0 Å². The van der Waals surface area contributed by atoms with Gasteiger partial charge in [-0.15, -0.1) is 5.10 Å². The summed E-state index contributed by atoms with van der Waals surface area (Å²) < 4.78 is 7.47. The second-order valence-corrected chi connectivity index (χ2v) is 5.76. The highest BCUT2D eigenvalue weighted by atomic mass is 16.5. The van der Waals surface area contributed by atoms with Gasteiger partial charge in [-0.05, 0) is 18.6 Å². The molecule has 0 radical (unpaired) electrons. The average Bonchev–Trinajstić information content (AvgIpc) is 3.02. The fourth-order valence-corrected chi connectivity index (χ4v) is 3.15. The zero-order valence-electron chi connectivity index (χ0n) is 13.7. The number of aromatic nitrogens is 3. The van der Waals surface area contributed by atoms with Crippen LogP contribution in [0.1, 0.15) is 12.5 Å². The first kappa shape index (κ1) is 14.9. The molecule has 0 spiro atoms. The van der Waals surface area contributed by atoms with Crippen molar-refractivity contribution >= 4 is 5.69 Å². The molecule has 0 bridgehead atoms. The van der Waals surface area contributed by atoms with Gasteiger partial charge in [-0.25, -0.2) is 4.68 Å². The van der Waals surface area contributed by atoms with E-state index >= 15 is 0 Å². The van der Waals surface area contributed by atoms with Gasteiger partial charge < -0.3 is 10.1 Å². The van der Waals surface area contributed by atoms with Gasteiger partial charge in [-0.2, -0.15) is 0 Å². The number of ether oxygens (including phenoxy) is 1. The molecular formula is C19H20N4O. The Morgan fingerprint density at radius 3 is 2.75 bits per heavy atom. The minimum atomic E-state index is 0.633. The third-order valence-electron chi connectivity index (χ3n) is 4.31. The average molecular weight is 320 g/mol. The number of rotatable bonds is 4. The summed E-state index contributed by atoms with van der Waals surface area (Å²) in [7, 11) is 0. The number of nitrogens with one attached hydrogen (secondary N) is 1. The van der Waals surface area contributed by atoms with Crippen molar-refractivity contribution in [2.45, 2.75) is 20.0 Å². The molecule has 1 aliphatic heterocycles. The quantitative estimate of drug-likeness (QED) is 0.747. The summed E-state index contributed by atoms with van der Waals surface area (Å²) in [5, 5.41) is 12.4. The lowest BCUT2D eigenvalue weighted by atomic mass is 9.97. The summed E-state index contributed by atoms with van der Waals surface area (Å²) in [4.78, 5) is 0. The number of hydrogen-bond acceptors (Lipinski definition) is 4. The van der Waals surface area contributed by atoms with Gasteiger partial charge >= 0.3 is 0 Å². The maximum atomic E-state index is 5.51. The molecule has 2 aromatic carbocycles. The van der Waals surface area contributed by atoms with Crippen molar-refractivity contribution < 1.29 is 4.74 Å². The third kappa shape index (κ3) is 2.57. The number of benzene rings is 2. The smallest absolute Gasteiger partial charge is 0.123 e. The van der Waals surface area contributed by atoms with Crippen LogP contribution >= 0.6 is 0 Å². The van der Waals surface area contributed by atoms with Gasteiger partial charge in [0.15, 0.2) is 0 Å². The number of nitrogens with zero attached hydrogens (tertiary/aromatic N) is 3. The van der Waals surface area contributed by atoms with E-state index in [4.69, 9.17) is 4.74 Å². The van der Waals surface area contributed by atoms with E-state index < -0.39 is 0 Å². The zero-order valence-corrected chi connectivity index (χ0v) is 13.7. The van der Waals surface area contributed by atoms with Crippen molar-refractivity contribution in [3.05, 3.63) is 54.1 Å². The van der Waals surface area contributed by atoms with E-state index in [0.717, 1.165) is 29.2 Å². The lowest BCUT2D eigenvalue weighted by molar-refractivity contribution is 0.136. The summed E-state index contributed by atoms with van der Waals surface area (Å²) >= 11 is 0. The van der Waals surface area contributed by atoms with Crippen LogP contribution in [0.15, 0.2) is 48.5 Å². The summed E-state index contributed by atoms with van der Waals surface area (Å²) in [5.41, 5.74) is 6.58. The Hall–Kier alpha value is -2.66. The molecule has 0 unspecified atom stereocenters. The first-order chi connectivity index (χ1) is 11.9. The van der Waals surface area contributed by atoms with Crippen LogP contribution in [0.2, 0.25) is 0 Å². The van der Waals surface area contributed by atoms with E-state index in [1.54, 1.807) is 0 Å². The molecule has 2 heterocycles. The number of fused-ring (bicyclic) bond motifs is 5. The van der Waals surface area contributed by atoms with Crippen LogP contribution < -0.4 is 5.32 Å². The van der Waals surface area contributed by atoms with Crippen LogP contribution in [0.25, 0.3) is 22.5 Å². The Kier molecular flexibility index (Phi) is 4.01. The van der Waals surface area contributed by atoms with E-state index in [2.05, 4.69) is 52.0 Å². The minimum absolute atomic E-state index is 0.633. The topological polar surface area (TPSA) is 52.0 Å². The first-order valence-corrected chi connectivity index (χ1v) is 8.31. The first-order valence-electron chi connectivity index (χ1n) is 8.31. The van der Waals surface area contributed by atoms with E-state index in [1.165, 1.54) is 11.1 Å². The molecule has 122 valence electrons. The van der Waals surface area contributed by atoms with Crippen LogP contribution in [-0.4, -0.2) is 28.2 Å². The Labute approximate surface area is 141 Å². The Morgan fingerprint density at radius 2 is 1.88 bits per heavy atom. The monoisotopic (exact) mass is 320 g/mol. The van der Waals surface area contributed by atoms with Gasteiger partial charge in [0.25, 0.3) is 0 Å². The van der Waals surface area contributed by atoms with Crippen molar-refractivity contribution in [3.8, 4) is 22.5 Å². The fraction of sp³-hybridized carbons (Fsp3) is 0.263. The van der Waals surface area contributed by atoms with Crippen molar-refractivity contribution in [2.24, 2.45) is 0 Å². The van der Waals surface area contributed by atoms with Gasteiger partial charge in [-0.1, -0.05) is 47.7 Å². The SMILES string of the molecule is CCOCCn1nnc2c1-c1ccccc1CNc1ccccc1-2. The predicted octanol–water partition coefficient (Wildman–Crippen LogP) is 3.57. The Bertz CT molecular complexity index is 856. The van der Waals surface area contributed by atoms with Gasteiger partial charge in [0.05, 0.1) is 18.8 Å². The molecule has 1 N–H and O–H groups in total. The second-order valence-electron chi connectivity index (χ2n) is 5.76. The molecule has 5 nitrogen and oxygen atoms in total. The Balaban J connectivity index is 1.89. The van der Waals surface area contributed by atoms with E-state index in [1.807, 2.05) is 23.7 Å². The molecule has 24 heavy (non-hydrogen) atoms. The van der Waals surface area contributed by atoms with Crippen molar-refractivity contribution in [3.63, 3.8) is 0 Å².